The molecule has 2 rings (SSSR count). The molecule has 5 nitrogen and oxygen atoms in total. The molecule has 6 heteroatoms. The molecule has 2 aromatic heterocycles. The second kappa shape index (κ2) is 5.63. The van der Waals surface area contributed by atoms with Crippen LogP contribution in [0.15, 0.2) is 23.1 Å². The van der Waals surface area contributed by atoms with E-state index in [1.807, 2.05) is 6.20 Å². The molecule has 0 spiro atoms. The van der Waals surface area contributed by atoms with Crippen LogP contribution in [0, 0.1) is 9.49 Å². The first kappa shape index (κ1) is 12.6. The molecule has 0 aliphatic carbocycles. The van der Waals surface area contributed by atoms with E-state index in [0.717, 1.165) is 22.4 Å². The number of halogens is 1. The molecule has 0 atom stereocenters. The maximum atomic E-state index is 5.37. The standard InChI is InChI=1S/C11H15IN4O/c1-8(2)3-13-5-10-7-17-11(15-10)16-6-9(12)4-14-16/h4,6-8,13H,3,5H2,1-2H3. The highest BCUT2D eigenvalue weighted by Gasteiger charge is 2.07. The number of hydrogen-bond donors (Lipinski definition) is 1. The average Bonchev–Trinajstić information content (AvgIpc) is 2.86. The van der Waals surface area contributed by atoms with Gasteiger partial charge in [-0.25, -0.2) is 0 Å². The van der Waals surface area contributed by atoms with Crippen LogP contribution in [0.4, 0.5) is 0 Å². The first-order valence-electron chi connectivity index (χ1n) is 5.51. The first-order chi connectivity index (χ1) is 8.15. The third kappa shape index (κ3) is 3.53. The van der Waals surface area contributed by atoms with Crippen LogP contribution in [0.2, 0.25) is 0 Å². The van der Waals surface area contributed by atoms with Gasteiger partial charge in [0, 0.05) is 12.7 Å². The Morgan fingerprint density at radius 3 is 3.00 bits per heavy atom. The second-order valence-corrected chi connectivity index (χ2v) is 5.49. The molecule has 0 saturated carbocycles. The lowest BCUT2D eigenvalue weighted by molar-refractivity contribution is 0.508. The molecule has 0 amide bonds. The Morgan fingerprint density at radius 2 is 2.35 bits per heavy atom. The third-order valence-electron chi connectivity index (χ3n) is 2.15. The largest absolute Gasteiger partial charge is 0.430 e. The Morgan fingerprint density at radius 1 is 1.53 bits per heavy atom. The fourth-order valence-electron chi connectivity index (χ4n) is 1.38. The van der Waals surface area contributed by atoms with Crippen molar-refractivity contribution < 1.29 is 4.42 Å². The van der Waals surface area contributed by atoms with Gasteiger partial charge in [-0.3, -0.25) is 0 Å². The van der Waals surface area contributed by atoms with Crippen molar-refractivity contribution in [2.45, 2.75) is 20.4 Å². The van der Waals surface area contributed by atoms with E-state index in [1.54, 1.807) is 17.1 Å². The van der Waals surface area contributed by atoms with Gasteiger partial charge in [-0.05, 0) is 35.1 Å². The molecule has 0 unspecified atom stereocenters. The summed E-state index contributed by atoms with van der Waals surface area (Å²) >= 11 is 2.20. The highest BCUT2D eigenvalue weighted by Crippen LogP contribution is 2.09. The number of rotatable bonds is 5. The lowest BCUT2D eigenvalue weighted by atomic mass is 10.2. The Hall–Kier alpha value is -0.890. The zero-order valence-electron chi connectivity index (χ0n) is 9.85. The number of hydrogen-bond acceptors (Lipinski definition) is 4. The van der Waals surface area contributed by atoms with Crippen molar-refractivity contribution in [3.63, 3.8) is 0 Å². The van der Waals surface area contributed by atoms with Crippen molar-refractivity contribution in [3.05, 3.63) is 27.9 Å². The summed E-state index contributed by atoms with van der Waals surface area (Å²) in [6, 6.07) is 0.509. The van der Waals surface area contributed by atoms with E-state index in [4.69, 9.17) is 4.42 Å². The molecule has 2 aromatic rings. The van der Waals surface area contributed by atoms with E-state index in [-0.39, 0.29) is 0 Å². The Kier molecular flexibility index (Phi) is 4.16. The van der Waals surface area contributed by atoms with E-state index < -0.39 is 0 Å². The summed E-state index contributed by atoms with van der Waals surface area (Å²) in [5.74, 6) is 0.633. The quantitative estimate of drug-likeness (QED) is 0.844. The van der Waals surface area contributed by atoms with Crippen molar-refractivity contribution in [3.8, 4) is 6.01 Å². The highest BCUT2D eigenvalue weighted by molar-refractivity contribution is 14.1. The summed E-state index contributed by atoms with van der Waals surface area (Å²) in [5, 5.41) is 7.46. The molecule has 92 valence electrons. The molecule has 0 radical (unpaired) electrons. The molecule has 0 fully saturated rings. The molecule has 0 bridgehead atoms. The smallest absolute Gasteiger partial charge is 0.322 e. The minimum absolute atomic E-state index is 0.509. The second-order valence-electron chi connectivity index (χ2n) is 4.25. The molecule has 2 heterocycles. The van der Waals surface area contributed by atoms with Crippen LogP contribution in [0.25, 0.3) is 6.01 Å². The molecule has 0 aliphatic rings. The first-order valence-corrected chi connectivity index (χ1v) is 6.58. The minimum Gasteiger partial charge on any atom is -0.430 e. The number of nitrogens with zero attached hydrogens (tertiary/aromatic N) is 3. The van der Waals surface area contributed by atoms with Gasteiger partial charge in [-0.15, -0.1) is 0 Å². The normalized spacial score (nSPS) is 11.3. The summed E-state index contributed by atoms with van der Waals surface area (Å²) in [7, 11) is 0. The average molecular weight is 346 g/mol. The molecule has 0 aliphatic heterocycles. The van der Waals surface area contributed by atoms with E-state index >= 15 is 0 Å². The molecular formula is C11H15IN4O. The molecule has 17 heavy (non-hydrogen) atoms. The van der Waals surface area contributed by atoms with Crippen LogP contribution in [0.5, 0.6) is 0 Å². The van der Waals surface area contributed by atoms with Crippen molar-refractivity contribution in [2.75, 3.05) is 6.54 Å². The lowest BCUT2D eigenvalue weighted by Crippen LogP contribution is -2.19. The van der Waals surface area contributed by atoms with E-state index in [1.165, 1.54) is 0 Å². The Balaban J connectivity index is 1.96. The van der Waals surface area contributed by atoms with Gasteiger partial charge >= 0.3 is 6.01 Å². The van der Waals surface area contributed by atoms with Gasteiger partial charge in [0.2, 0.25) is 0 Å². The minimum atomic E-state index is 0.509. The predicted octanol–water partition coefficient (Wildman–Crippen LogP) is 2.21. The maximum Gasteiger partial charge on any atom is 0.322 e. The van der Waals surface area contributed by atoms with E-state index in [9.17, 15) is 0 Å². The molecule has 0 aromatic carbocycles. The van der Waals surface area contributed by atoms with Crippen molar-refractivity contribution in [2.24, 2.45) is 5.92 Å². The van der Waals surface area contributed by atoms with Gasteiger partial charge < -0.3 is 9.73 Å². The third-order valence-corrected chi connectivity index (χ3v) is 2.70. The number of aromatic nitrogens is 3. The Bertz CT molecular complexity index is 477. The summed E-state index contributed by atoms with van der Waals surface area (Å²) in [4.78, 5) is 4.36. The van der Waals surface area contributed by atoms with Crippen LogP contribution in [-0.4, -0.2) is 21.3 Å². The number of oxazole rings is 1. The topological polar surface area (TPSA) is 55.9 Å². The van der Waals surface area contributed by atoms with Gasteiger partial charge in [0.05, 0.1) is 15.5 Å². The predicted molar refractivity (Wildman–Crippen MR) is 72.9 cm³/mol. The summed E-state index contributed by atoms with van der Waals surface area (Å²) in [6.07, 6.45) is 5.30. The molecule has 1 N–H and O–H groups in total. The summed E-state index contributed by atoms with van der Waals surface area (Å²) in [5.41, 5.74) is 0.895. The van der Waals surface area contributed by atoms with Crippen molar-refractivity contribution in [1.29, 1.82) is 0 Å². The zero-order valence-corrected chi connectivity index (χ0v) is 12.0. The fourth-order valence-corrected chi connectivity index (χ4v) is 1.77. The fraction of sp³-hybridized carbons (Fsp3) is 0.455. The van der Waals surface area contributed by atoms with Gasteiger partial charge in [-0.1, -0.05) is 13.8 Å². The van der Waals surface area contributed by atoms with Gasteiger partial charge in [0.1, 0.15) is 6.26 Å². The summed E-state index contributed by atoms with van der Waals surface area (Å²) < 4.78 is 8.06. The number of nitrogens with one attached hydrogen (secondary N) is 1. The van der Waals surface area contributed by atoms with E-state index in [0.29, 0.717) is 11.9 Å². The van der Waals surface area contributed by atoms with Gasteiger partial charge in [0.15, 0.2) is 0 Å². The maximum absolute atomic E-state index is 5.37. The Labute approximate surface area is 114 Å². The molecule has 0 saturated heterocycles. The van der Waals surface area contributed by atoms with E-state index in [2.05, 4.69) is 51.8 Å². The van der Waals surface area contributed by atoms with Crippen LogP contribution in [0.1, 0.15) is 19.5 Å². The van der Waals surface area contributed by atoms with Crippen LogP contribution in [0.3, 0.4) is 0 Å². The van der Waals surface area contributed by atoms with Crippen LogP contribution in [-0.2, 0) is 6.54 Å². The molecular weight excluding hydrogens is 331 g/mol. The SMILES string of the molecule is CC(C)CNCc1coc(-n2cc(I)cn2)n1. The van der Waals surface area contributed by atoms with Crippen LogP contribution < -0.4 is 5.32 Å². The monoisotopic (exact) mass is 346 g/mol. The van der Waals surface area contributed by atoms with Crippen LogP contribution >= 0.6 is 22.6 Å². The van der Waals surface area contributed by atoms with Crippen molar-refractivity contribution >= 4 is 22.6 Å². The zero-order chi connectivity index (χ0) is 12.3. The van der Waals surface area contributed by atoms with Gasteiger partial charge in [-0.2, -0.15) is 14.8 Å². The van der Waals surface area contributed by atoms with Crippen molar-refractivity contribution in [1.82, 2.24) is 20.1 Å². The lowest BCUT2D eigenvalue weighted by Gasteiger charge is -2.04. The van der Waals surface area contributed by atoms with Gasteiger partial charge in [0.25, 0.3) is 0 Å². The summed E-state index contributed by atoms with van der Waals surface area (Å²) in [6.45, 7) is 6.04. The highest BCUT2D eigenvalue weighted by atomic mass is 127.